The number of rotatable bonds is 10. The molecule has 7 nitrogen and oxygen atoms in total. The van der Waals surface area contributed by atoms with Gasteiger partial charge in [-0.1, -0.05) is 25.0 Å². The molecule has 162 valence electrons. The molecule has 1 fully saturated rings. The van der Waals surface area contributed by atoms with Crippen molar-refractivity contribution in [3.05, 3.63) is 44.8 Å². The number of nitrogens with one attached hydrogen (secondary N) is 2. The number of methoxy groups -OCH3 is 1. The van der Waals surface area contributed by atoms with E-state index in [2.05, 4.69) is 10.6 Å². The van der Waals surface area contributed by atoms with E-state index in [0.717, 1.165) is 30.6 Å². The molecule has 0 radical (unpaired) electrons. The number of hydrogen-bond acceptors (Lipinski definition) is 6. The predicted octanol–water partition coefficient (Wildman–Crippen LogP) is 2.81. The summed E-state index contributed by atoms with van der Waals surface area (Å²) in [5, 5.41) is 9.48. The molecule has 1 aliphatic carbocycles. The van der Waals surface area contributed by atoms with Gasteiger partial charge < -0.3 is 20.3 Å². The number of thiophene rings is 2. The maximum atomic E-state index is 13.2. The maximum absolute atomic E-state index is 13.2. The van der Waals surface area contributed by atoms with Crippen molar-refractivity contribution in [3.8, 4) is 0 Å². The third-order valence-corrected chi connectivity index (χ3v) is 6.87. The van der Waals surface area contributed by atoms with Crippen LogP contribution >= 0.6 is 22.7 Å². The number of hydrogen-bond donors (Lipinski definition) is 2. The average molecular weight is 450 g/mol. The lowest BCUT2D eigenvalue weighted by Crippen LogP contribution is -2.49. The number of nitrogens with zero attached hydrogens (tertiary/aromatic N) is 1. The molecule has 1 atom stereocenters. The number of carbonyl (C=O) groups excluding carboxylic acids is 3. The minimum atomic E-state index is -0.744. The highest BCUT2D eigenvalue weighted by Crippen LogP contribution is 2.27. The highest BCUT2D eigenvalue weighted by Gasteiger charge is 2.33. The molecule has 0 spiro atoms. The second kappa shape index (κ2) is 11.2. The van der Waals surface area contributed by atoms with Crippen LogP contribution < -0.4 is 10.6 Å². The van der Waals surface area contributed by atoms with Gasteiger partial charge in [-0.15, -0.1) is 22.7 Å². The second-order valence-electron chi connectivity index (χ2n) is 7.15. The lowest BCUT2D eigenvalue weighted by Gasteiger charge is -2.31. The van der Waals surface area contributed by atoms with Gasteiger partial charge in [0.2, 0.25) is 11.8 Å². The molecule has 2 N–H and O–H groups in total. The maximum Gasteiger partial charge on any atom is 0.261 e. The van der Waals surface area contributed by atoms with Crippen molar-refractivity contribution in [2.45, 2.75) is 37.8 Å². The quantitative estimate of drug-likeness (QED) is 0.584. The average Bonchev–Trinajstić information content (AvgIpc) is 3.51. The summed E-state index contributed by atoms with van der Waals surface area (Å²) in [5.74, 6) is -0.802. The zero-order valence-corrected chi connectivity index (χ0v) is 18.6. The fraction of sp³-hybridized carbons (Fsp3) is 0.476. The van der Waals surface area contributed by atoms with Crippen LogP contribution in [0.1, 0.15) is 46.3 Å². The Morgan fingerprint density at radius 1 is 1.17 bits per heavy atom. The summed E-state index contributed by atoms with van der Waals surface area (Å²) < 4.78 is 5.18. The van der Waals surface area contributed by atoms with Crippen molar-refractivity contribution < 1.29 is 19.1 Å². The van der Waals surface area contributed by atoms with Gasteiger partial charge in [-0.25, -0.2) is 0 Å². The molecule has 3 rings (SSSR count). The Morgan fingerprint density at radius 2 is 1.90 bits per heavy atom. The molecule has 9 heteroatoms. The number of ether oxygens (including phenoxy) is 1. The van der Waals surface area contributed by atoms with Gasteiger partial charge in [0.15, 0.2) is 0 Å². The van der Waals surface area contributed by atoms with E-state index in [4.69, 9.17) is 4.74 Å². The third kappa shape index (κ3) is 5.90. The lowest BCUT2D eigenvalue weighted by molar-refractivity contribution is -0.141. The van der Waals surface area contributed by atoms with Crippen molar-refractivity contribution in [3.63, 3.8) is 0 Å². The number of carbonyl (C=O) groups is 3. The van der Waals surface area contributed by atoms with Gasteiger partial charge in [-0.05, 0) is 35.7 Å². The first kappa shape index (κ1) is 22.5. The highest BCUT2D eigenvalue weighted by atomic mass is 32.1. The van der Waals surface area contributed by atoms with E-state index >= 15 is 0 Å². The van der Waals surface area contributed by atoms with Crippen LogP contribution in [0.2, 0.25) is 0 Å². The number of amides is 3. The Kier molecular flexibility index (Phi) is 8.41. The minimum Gasteiger partial charge on any atom is -0.383 e. The van der Waals surface area contributed by atoms with Crippen LogP contribution in [-0.4, -0.2) is 55.5 Å². The van der Waals surface area contributed by atoms with E-state index in [1.54, 1.807) is 19.2 Å². The molecule has 2 aromatic rings. The first-order valence-corrected chi connectivity index (χ1v) is 11.8. The smallest absolute Gasteiger partial charge is 0.261 e. The molecule has 2 aromatic heterocycles. The van der Waals surface area contributed by atoms with Gasteiger partial charge >= 0.3 is 0 Å². The molecule has 1 aliphatic rings. The molecule has 2 heterocycles. The lowest BCUT2D eigenvalue weighted by atomic mass is 10.1. The molecule has 30 heavy (non-hydrogen) atoms. The van der Waals surface area contributed by atoms with E-state index in [1.807, 2.05) is 22.9 Å². The Hall–Kier alpha value is -2.23. The summed E-state index contributed by atoms with van der Waals surface area (Å²) >= 11 is 2.75. The summed E-state index contributed by atoms with van der Waals surface area (Å²) in [4.78, 5) is 41.4. The fourth-order valence-corrected chi connectivity index (χ4v) is 5.04. The summed E-state index contributed by atoms with van der Waals surface area (Å²) in [6.45, 7) is 0.368. The SMILES string of the molecule is COCCN(C(=O)CNC(=O)c1cccs1)[C@@H](C(=O)NC1CCCC1)c1cccs1. The van der Waals surface area contributed by atoms with Crippen LogP contribution in [0.4, 0.5) is 0 Å². The first-order valence-electron chi connectivity index (χ1n) is 10.0. The topological polar surface area (TPSA) is 87.7 Å². The normalized spacial score (nSPS) is 15.0. The first-order chi connectivity index (χ1) is 14.6. The Balaban J connectivity index is 1.74. The van der Waals surface area contributed by atoms with Crippen molar-refractivity contribution in [2.24, 2.45) is 0 Å². The zero-order chi connectivity index (χ0) is 21.3. The predicted molar refractivity (Wildman–Crippen MR) is 118 cm³/mol. The van der Waals surface area contributed by atoms with Crippen molar-refractivity contribution in [2.75, 3.05) is 26.8 Å². The molecular weight excluding hydrogens is 422 g/mol. The van der Waals surface area contributed by atoms with Crippen LogP contribution in [0, 0.1) is 0 Å². The van der Waals surface area contributed by atoms with Gasteiger partial charge in [0.05, 0.1) is 18.0 Å². The molecule has 0 saturated heterocycles. The molecule has 3 amide bonds. The summed E-state index contributed by atoms with van der Waals surface area (Å²) in [7, 11) is 1.56. The summed E-state index contributed by atoms with van der Waals surface area (Å²) in [6.07, 6.45) is 4.14. The van der Waals surface area contributed by atoms with Crippen LogP contribution in [0.5, 0.6) is 0 Å². The van der Waals surface area contributed by atoms with Crippen LogP contribution in [0.25, 0.3) is 0 Å². The summed E-state index contributed by atoms with van der Waals surface area (Å²) in [5.41, 5.74) is 0. The summed E-state index contributed by atoms with van der Waals surface area (Å²) in [6, 6.07) is 6.63. The standard InChI is InChI=1S/C21H27N3O4S2/c1-28-11-10-24(18(25)14-22-20(26)17-9-5-13-30-17)19(16-8-4-12-29-16)21(27)23-15-6-2-3-7-15/h4-5,8-9,12-13,15,19H,2-3,6-7,10-11,14H2,1H3,(H,22,26)(H,23,27)/t19-/m1/s1. The molecular formula is C21H27N3O4S2. The van der Waals surface area contributed by atoms with Crippen molar-refractivity contribution in [1.82, 2.24) is 15.5 Å². The van der Waals surface area contributed by atoms with Gasteiger partial charge in [0, 0.05) is 24.6 Å². The van der Waals surface area contributed by atoms with E-state index in [0.29, 0.717) is 11.5 Å². The molecule has 0 aromatic carbocycles. The van der Waals surface area contributed by atoms with E-state index in [9.17, 15) is 14.4 Å². The van der Waals surface area contributed by atoms with Gasteiger partial charge in [-0.2, -0.15) is 0 Å². The zero-order valence-electron chi connectivity index (χ0n) is 17.0. The van der Waals surface area contributed by atoms with Crippen LogP contribution in [0.3, 0.4) is 0 Å². The van der Waals surface area contributed by atoms with Crippen molar-refractivity contribution in [1.29, 1.82) is 0 Å². The Morgan fingerprint density at radius 3 is 2.53 bits per heavy atom. The van der Waals surface area contributed by atoms with E-state index in [1.165, 1.54) is 27.6 Å². The van der Waals surface area contributed by atoms with Gasteiger partial charge in [0.25, 0.3) is 5.91 Å². The molecule has 0 unspecified atom stereocenters. The van der Waals surface area contributed by atoms with Crippen LogP contribution in [-0.2, 0) is 14.3 Å². The minimum absolute atomic E-state index is 0.151. The second-order valence-corrected chi connectivity index (χ2v) is 9.07. The van der Waals surface area contributed by atoms with Crippen LogP contribution in [0.15, 0.2) is 35.0 Å². The highest BCUT2D eigenvalue weighted by molar-refractivity contribution is 7.12. The fourth-order valence-electron chi connectivity index (χ4n) is 3.56. The third-order valence-electron chi connectivity index (χ3n) is 5.08. The van der Waals surface area contributed by atoms with E-state index < -0.39 is 6.04 Å². The largest absolute Gasteiger partial charge is 0.383 e. The Bertz CT molecular complexity index is 817. The Labute approximate surface area is 184 Å². The molecule has 0 aliphatic heterocycles. The van der Waals surface area contributed by atoms with Crippen molar-refractivity contribution >= 4 is 40.4 Å². The van der Waals surface area contributed by atoms with Gasteiger partial charge in [0.1, 0.15) is 6.04 Å². The molecule has 1 saturated carbocycles. The monoisotopic (exact) mass is 449 g/mol. The molecule has 0 bridgehead atoms. The van der Waals surface area contributed by atoms with Gasteiger partial charge in [-0.3, -0.25) is 14.4 Å². The van der Waals surface area contributed by atoms with E-state index in [-0.39, 0.29) is 36.9 Å².